The molecule has 1 heterocycles. The van der Waals surface area contributed by atoms with E-state index in [2.05, 4.69) is 24.1 Å². The van der Waals surface area contributed by atoms with E-state index >= 15 is 0 Å². The highest BCUT2D eigenvalue weighted by Gasteiger charge is 2.20. The van der Waals surface area contributed by atoms with Gasteiger partial charge in [0, 0.05) is 25.7 Å². The van der Waals surface area contributed by atoms with E-state index in [1.807, 2.05) is 0 Å². The number of nitrogens with one attached hydrogen (secondary N) is 1. The quantitative estimate of drug-likeness (QED) is 0.779. The minimum Gasteiger partial charge on any atom is -0.379 e. The molecule has 1 saturated heterocycles. The Bertz CT molecular complexity index is 332. The van der Waals surface area contributed by atoms with Crippen LogP contribution in [0.25, 0.3) is 0 Å². The van der Waals surface area contributed by atoms with Crippen LogP contribution >= 0.6 is 0 Å². The fraction of sp³-hybridized carbons (Fsp3) is 0.941. The van der Waals surface area contributed by atoms with Crippen LogP contribution < -0.4 is 5.32 Å². The van der Waals surface area contributed by atoms with Crippen molar-refractivity contribution in [2.45, 2.75) is 58.1 Å². The van der Waals surface area contributed by atoms with Crippen molar-refractivity contribution in [3.63, 3.8) is 0 Å². The molecule has 0 aromatic carbocycles. The van der Waals surface area contributed by atoms with Crippen LogP contribution in [0, 0.1) is 5.92 Å². The van der Waals surface area contributed by atoms with Crippen LogP contribution in [0.15, 0.2) is 0 Å². The van der Waals surface area contributed by atoms with E-state index in [9.17, 15) is 4.79 Å². The average molecular weight is 312 g/mol. The lowest BCUT2D eigenvalue weighted by molar-refractivity contribution is -0.129. The first-order valence-electron chi connectivity index (χ1n) is 8.84. The Labute approximate surface area is 134 Å². The van der Waals surface area contributed by atoms with Gasteiger partial charge in [0.15, 0.2) is 0 Å². The van der Waals surface area contributed by atoms with Crippen molar-refractivity contribution in [1.29, 1.82) is 0 Å². The molecule has 1 saturated carbocycles. The molecule has 0 radical (unpaired) electrons. The molecule has 0 bridgehead atoms. The zero-order valence-corrected chi connectivity index (χ0v) is 14.2. The van der Waals surface area contributed by atoms with Crippen molar-refractivity contribution in [3.05, 3.63) is 0 Å². The first-order chi connectivity index (χ1) is 10.6. The first-order valence-corrected chi connectivity index (χ1v) is 8.84. The van der Waals surface area contributed by atoms with E-state index in [0.29, 0.717) is 0 Å². The zero-order valence-electron chi connectivity index (χ0n) is 14.2. The lowest BCUT2D eigenvalue weighted by Gasteiger charge is -2.28. The Hall–Kier alpha value is -0.650. The SMILES string of the molecule is C[C@H]1CCC[C@@H](OCC(=O)N[C@@H](C)CCN2CCOCC2)C1. The summed E-state index contributed by atoms with van der Waals surface area (Å²) in [5, 5.41) is 3.05. The minimum absolute atomic E-state index is 0.0210. The number of rotatable bonds is 7. The molecule has 2 fully saturated rings. The second-order valence-corrected chi connectivity index (χ2v) is 6.92. The van der Waals surface area contributed by atoms with Crippen molar-refractivity contribution in [1.82, 2.24) is 10.2 Å². The summed E-state index contributed by atoms with van der Waals surface area (Å²) >= 11 is 0. The van der Waals surface area contributed by atoms with Gasteiger partial charge >= 0.3 is 0 Å². The summed E-state index contributed by atoms with van der Waals surface area (Å²) in [6.45, 7) is 9.23. The van der Waals surface area contributed by atoms with Gasteiger partial charge in [-0.1, -0.05) is 19.8 Å². The van der Waals surface area contributed by atoms with E-state index < -0.39 is 0 Å². The largest absolute Gasteiger partial charge is 0.379 e. The number of nitrogens with zero attached hydrogens (tertiary/aromatic N) is 1. The molecule has 22 heavy (non-hydrogen) atoms. The van der Waals surface area contributed by atoms with Gasteiger partial charge < -0.3 is 14.8 Å². The van der Waals surface area contributed by atoms with Crippen molar-refractivity contribution in [2.75, 3.05) is 39.5 Å². The third-order valence-corrected chi connectivity index (χ3v) is 4.73. The van der Waals surface area contributed by atoms with Gasteiger partial charge in [0.05, 0.1) is 19.3 Å². The van der Waals surface area contributed by atoms with Gasteiger partial charge in [0.2, 0.25) is 5.91 Å². The predicted octanol–water partition coefficient (Wildman–Crippen LogP) is 1.81. The maximum Gasteiger partial charge on any atom is 0.246 e. The number of hydrogen-bond acceptors (Lipinski definition) is 4. The van der Waals surface area contributed by atoms with E-state index in [-0.39, 0.29) is 24.7 Å². The summed E-state index contributed by atoms with van der Waals surface area (Å²) in [6.07, 6.45) is 5.97. The molecular formula is C17H32N2O3. The standard InChI is InChI=1S/C17H32N2O3/c1-14-4-3-5-16(12-14)22-13-17(20)18-15(2)6-7-19-8-10-21-11-9-19/h14-16H,3-13H2,1-2H3,(H,18,20)/t14-,15-,16+/m0/s1. The molecule has 0 aromatic rings. The van der Waals surface area contributed by atoms with Gasteiger partial charge in [-0.05, 0) is 32.1 Å². The fourth-order valence-corrected chi connectivity index (χ4v) is 3.31. The summed E-state index contributed by atoms with van der Waals surface area (Å²) in [4.78, 5) is 14.4. The van der Waals surface area contributed by atoms with Crippen LogP contribution in [-0.2, 0) is 14.3 Å². The van der Waals surface area contributed by atoms with E-state index in [0.717, 1.165) is 58.0 Å². The molecule has 1 N–H and O–H groups in total. The molecule has 1 aliphatic carbocycles. The number of carbonyl (C=O) groups is 1. The third kappa shape index (κ3) is 6.63. The summed E-state index contributed by atoms with van der Waals surface area (Å²) in [5.41, 5.74) is 0. The first kappa shape index (κ1) is 17.7. The Morgan fingerprint density at radius 2 is 2.14 bits per heavy atom. The van der Waals surface area contributed by atoms with E-state index in [1.165, 1.54) is 12.8 Å². The van der Waals surface area contributed by atoms with Crippen molar-refractivity contribution >= 4 is 5.91 Å². The number of amides is 1. The van der Waals surface area contributed by atoms with E-state index in [4.69, 9.17) is 9.47 Å². The smallest absolute Gasteiger partial charge is 0.246 e. The van der Waals surface area contributed by atoms with Gasteiger partial charge in [-0.2, -0.15) is 0 Å². The Morgan fingerprint density at radius 3 is 2.86 bits per heavy atom. The Balaban J connectivity index is 1.55. The number of hydrogen-bond donors (Lipinski definition) is 1. The summed E-state index contributed by atoms with van der Waals surface area (Å²) in [6, 6.07) is 0.198. The lowest BCUT2D eigenvalue weighted by atomic mass is 9.89. The molecule has 0 spiro atoms. The maximum atomic E-state index is 12.0. The predicted molar refractivity (Wildman–Crippen MR) is 86.9 cm³/mol. The van der Waals surface area contributed by atoms with Gasteiger partial charge in [-0.3, -0.25) is 9.69 Å². The van der Waals surface area contributed by atoms with Crippen LogP contribution in [0.2, 0.25) is 0 Å². The highest BCUT2D eigenvalue weighted by molar-refractivity contribution is 5.77. The maximum absolute atomic E-state index is 12.0. The number of carbonyl (C=O) groups excluding carboxylic acids is 1. The average Bonchev–Trinajstić information content (AvgIpc) is 2.52. The Kier molecular flexibility index (Phi) is 7.63. The molecule has 1 amide bonds. The molecule has 1 aliphatic heterocycles. The van der Waals surface area contributed by atoms with Crippen LogP contribution in [0.5, 0.6) is 0 Å². The second kappa shape index (κ2) is 9.48. The highest BCUT2D eigenvalue weighted by Crippen LogP contribution is 2.25. The van der Waals surface area contributed by atoms with Crippen LogP contribution in [0.3, 0.4) is 0 Å². The molecule has 5 nitrogen and oxygen atoms in total. The summed E-state index contributed by atoms with van der Waals surface area (Å²) in [7, 11) is 0. The Morgan fingerprint density at radius 1 is 1.36 bits per heavy atom. The highest BCUT2D eigenvalue weighted by atomic mass is 16.5. The van der Waals surface area contributed by atoms with Gasteiger partial charge in [-0.25, -0.2) is 0 Å². The molecule has 2 rings (SSSR count). The van der Waals surface area contributed by atoms with Crippen LogP contribution in [0.4, 0.5) is 0 Å². The second-order valence-electron chi connectivity index (χ2n) is 6.92. The molecule has 128 valence electrons. The number of morpholine rings is 1. The molecule has 2 aliphatic rings. The molecule has 0 aromatic heterocycles. The van der Waals surface area contributed by atoms with Gasteiger partial charge in [-0.15, -0.1) is 0 Å². The summed E-state index contributed by atoms with van der Waals surface area (Å²) in [5.74, 6) is 0.752. The summed E-state index contributed by atoms with van der Waals surface area (Å²) < 4.78 is 11.1. The van der Waals surface area contributed by atoms with E-state index in [1.54, 1.807) is 0 Å². The minimum atomic E-state index is 0.0210. The van der Waals surface area contributed by atoms with Gasteiger partial charge in [0.1, 0.15) is 6.61 Å². The molecule has 5 heteroatoms. The van der Waals surface area contributed by atoms with Gasteiger partial charge in [0.25, 0.3) is 0 Å². The number of ether oxygens (including phenoxy) is 2. The topological polar surface area (TPSA) is 50.8 Å². The van der Waals surface area contributed by atoms with Crippen molar-refractivity contribution < 1.29 is 14.3 Å². The zero-order chi connectivity index (χ0) is 15.8. The van der Waals surface area contributed by atoms with Crippen molar-refractivity contribution in [2.24, 2.45) is 5.92 Å². The normalized spacial score (nSPS) is 28.3. The monoisotopic (exact) mass is 312 g/mol. The molecule has 0 unspecified atom stereocenters. The van der Waals surface area contributed by atoms with Crippen LogP contribution in [-0.4, -0.2) is 62.4 Å². The third-order valence-electron chi connectivity index (χ3n) is 4.73. The fourth-order valence-electron chi connectivity index (χ4n) is 3.31. The van der Waals surface area contributed by atoms with Crippen LogP contribution in [0.1, 0.15) is 46.0 Å². The lowest BCUT2D eigenvalue weighted by Crippen LogP contribution is -2.41. The molecule has 3 atom stereocenters. The molecular weight excluding hydrogens is 280 g/mol. The van der Waals surface area contributed by atoms with Crippen molar-refractivity contribution in [3.8, 4) is 0 Å².